The number of hydrogen-bond acceptors (Lipinski definition) is 4. The summed E-state index contributed by atoms with van der Waals surface area (Å²) in [4.78, 5) is 16.4. The lowest BCUT2D eigenvalue weighted by atomic mass is 10.1. The van der Waals surface area contributed by atoms with Crippen molar-refractivity contribution in [2.24, 2.45) is 5.92 Å². The van der Waals surface area contributed by atoms with Gasteiger partial charge in [0, 0.05) is 26.1 Å². The van der Waals surface area contributed by atoms with Crippen molar-refractivity contribution in [1.29, 1.82) is 0 Å². The maximum Gasteiger partial charge on any atom is 0.222 e. The minimum absolute atomic E-state index is 0.300. The van der Waals surface area contributed by atoms with Gasteiger partial charge in [-0.05, 0) is 45.4 Å². The number of carbonyl (C=O) groups excluding carboxylic acids is 1. The third kappa shape index (κ3) is 4.75. The van der Waals surface area contributed by atoms with E-state index in [1.54, 1.807) is 0 Å². The summed E-state index contributed by atoms with van der Waals surface area (Å²) < 4.78 is 5.26. The molecule has 0 saturated carbocycles. The van der Waals surface area contributed by atoms with Crippen molar-refractivity contribution in [3.63, 3.8) is 0 Å². The Kier molecular flexibility index (Phi) is 6.07. The fourth-order valence-corrected chi connectivity index (χ4v) is 3.00. The van der Waals surface area contributed by atoms with Crippen molar-refractivity contribution in [2.75, 3.05) is 59.5 Å². The van der Waals surface area contributed by atoms with E-state index >= 15 is 0 Å². The van der Waals surface area contributed by atoms with Crippen LogP contribution in [-0.4, -0.2) is 75.2 Å². The van der Waals surface area contributed by atoms with E-state index in [1.807, 2.05) is 11.9 Å². The second-order valence-electron chi connectivity index (χ2n) is 5.61. The van der Waals surface area contributed by atoms with Crippen LogP contribution in [0.2, 0.25) is 0 Å². The first-order valence-electron chi connectivity index (χ1n) is 7.52. The minimum atomic E-state index is 0.300. The molecule has 1 amide bonds. The lowest BCUT2D eigenvalue weighted by molar-refractivity contribution is -0.135. The monoisotopic (exact) mass is 269 g/mol. The summed E-state index contributed by atoms with van der Waals surface area (Å²) in [5, 5.41) is 3.25. The second kappa shape index (κ2) is 7.82. The van der Waals surface area contributed by atoms with Gasteiger partial charge in [-0.2, -0.15) is 0 Å². The molecule has 0 spiro atoms. The molecule has 5 heteroatoms. The maximum absolute atomic E-state index is 12.0. The third-order valence-corrected chi connectivity index (χ3v) is 4.09. The van der Waals surface area contributed by atoms with Crippen LogP contribution in [0.4, 0.5) is 0 Å². The molecule has 0 aromatic carbocycles. The zero-order valence-corrected chi connectivity index (χ0v) is 12.1. The summed E-state index contributed by atoms with van der Waals surface area (Å²) in [6.45, 7) is 7.50. The van der Waals surface area contributed by atoms with Crippen molar-refractivity contribution in [2.45, 2.75) is 19.3 Å². The molecule has 2 rings (SSSR count). The predicted molar refractivity (Wildman–Crippen MR) is 75.1 cm³/mol. The van der Waals surface area contributed by atoms with Crippen LogP contribution in [0.1, 0.15) is 19.3 Å². The van der Waals surface area contributed by atoms with Gasteiger partial charge in [-0.1, -0.05) is 0 Å². The number of ether oxygens (including phenoxy) is 1. The van der Waals surface area contributed by atoms with E-state index in [0.717, 1.165) is 38.5 Å². The molecule has 19 heavy (non-hydrogen) atoms. The highest BCUT2D eigenvalue weighted by Gasteiger charge is 2.22. The standard InChI is InChI=1S/C14H27N3O2/c1-15-11-13-4-6-16(12-13)5-2-3-14(18)17-7-9-19-10-8-17/h13,15H,2-12H2,1H3. The SMILES string of the molecule is CNCC1CCN(CCCC(=O)N2CCOCC2)C1. The predicted octanol–water partition coefficient (Wildman–Crippen LogP) is 0.167. The zero-order chi connectivity index (χ0) is 13.5. The van der Waals surface area contributed by atoms with Gasteiger partial charge in [0.25, 0.3) is 0 Å². The molecule has 0 radical (unpaired) electrons. The molecule has 5 nitrogen and oxygen atoms in total. The van der Waals surface area contributed by atoms with Crippen molar-refractivity contribution in [3.8, 4) is 0 Å². The molecule has 1 unspecified atom stereocenters. The summed E-state index contributed by atoms with van der Waals surface area (Å²) in [6.07, 6.45) is 2.97. The van der Waals surface area contributed by atoms with Gasteiger partial charge in [0.1, 0.15) is 0 Å². The van der Waals surface area contributed by atoms with E-state index in [9.17, 15) is 4.79 Å². The highest BCUT2D eigenvalue weighted by molar-refractivity contribution is 5.76. The molecule has 2 heterocycles. The zero-order valence-electron chi connectivity index (χ0n) is 12.1. The number of likely N-dealkylation sites (tertiary alicyclic amines) is 1. The first-order valence-corrected chi connectivity index (χ1v) is 7.52. The Balaban J connectivity index is 1.57. The molecule has 110 valence electrons. The summed E-state index contributed by atoms with van der Waals surface area (Å²) in [5.74, 6) is 1.09. The number of carbonyl (C=O) groups is 1. The van der Waals surface area contributed by atoms with Crippen molar-refractivity contribution >= 4 is 5.91 Å². The fraction of sp³-hybridized carbons (Fsp3) is 0.929. The summed E-state index contributed by atoms with van der Waals surface area (Å²) >= 11 is 0. The lowest BCUT2D eigenvalue weighted by Gasteiger charge is -2.27. The molecule has 0 aromatic rings. The molecule has 1 atom stereocenters. The third-order valence-electron chi connectivity index (χ3n) is 4.09. The summed E-state index contributed by atoms with van der Waals surface area (Å²) in [6, 6.07) is 0. The fourth-order valence-electron chi connectivity index (χ4n) is 3.00. The number of amides is 1. The van der Waals surface area contributed by atoms with E-state index in [2.05, 4.69) is 10.2 Å². The largest absolute Gasteiger partial charge is 0.378 e. The molecule has 2 fully saturated rings. The summed E-state index contributed by atoms with van der Waals surface area (Å²) in [7, 11) is 2.02. The molecule has 1 N–H and O–H groups in total. The van der Waals surface area contributed by atoms with Crippen molar-refractivity contribution in [1.82, 2.24) is 15.1 Å². The molecule has 0 aromatic heterocycles. The lowest BCUT2D eigenvalue weighted by Crippen LogP contribution is -2.40. The first kappa shape index (κ1) is 14.8. The minimum Gasteiger partial charge on any atom is -0.378 e. The molecule has 2 aliphatic heterocycles. The van der Waals surface area contributed by atoms with E-state index < -0.39 is 0 Å². The first-order chi connectivity index (χ1) is 9.29. The van der Waals surface area contributed by atoms with Gasteiger partial charge in [-0.25, -0.2) is 0 Å². The van der Waals surface area contributed by atoms with Crippen LogP contribution >= 0.6 is 0 Å². The molecule has 2 aliphatic rings. The Morgan fingerprint density at radius 1 is 1.32 bits per heavy atom. The van der Waals surface area contributed by atoms with Gasteiger partial charge >= 0.3 is 0 Å². The Morgan fingerprint density at radius 2 is 2.11 bits per heavy atom. The number of morpholine rings is 1. The van der Waals surface area contributed by atoms with Gasteiger partial charge in [-0.15, -0.1) is 0 Å². The Hall–Kier alpha value is -0.650. The van der Waals surface area contributed by atoms with Crippen LogP contribution in [0, 0.1) is 5.92 Å². The van der Waals surface area contributed by atoms with Crippen LogP contribution in [0.15, 0.2) is 0 Å². The average molecular weight is 269 g/mol. The van der Waals surface area contributed by atoms with Gasteiger partial charge in [-0.3, -0.25) is 4.79 Å². The van der Waals surface area contributed by atoms with Crippen molar-refractivity contribution < 1.29 is 9.53 Å². The number of nitrogens with zero attached hydrogens (tertiary/aromatic N) is 2. The van der Waals surface area contributed by atoms with Crippen LogP contribution in [0.25, 0.3) is 0 Å². The van der Waals surface area contributed by atoms with Gasteiger partial charge in [0.05, 0.1) is 13.2 Å². The van der Waals surface area contributed by atoms with Crippen LogP contribution < -0.4 is 5.32 Å². The van der Waals surface area contributed by atoms with Crippen molar-refractivity contribution in [3.05, 3.63) is 0 Å². The molecule has 0 aliphatic carbocycles. The topological polar surface area (TPSA) is 44.8 Å². The quantitative estimate of drug-likeness (QED) is 0.746. The second-order valence-corrected chi connectivity index (χ2v) is 5.61. The van der Waals surface area contributed by atoms with Gasteiger partial charge < -0.3 is 19.9 Å². The number of nitrogens with one attached hydrogen (secondary N) is 1. The summed E-state index contributed by atoms with van der Waals surface area (Å²) in [5.41, 5.74) is 0. The van der Waals surface area contributed by atoms with E-state index in [-0.39, 0.29) is 0 Å². The normalized spacial score (nSPS) is 24.9. The van der Waals surface area contributed by atoms with Crippen LogP contribution in [-0.2, 0) is 9.53 Å². The van der Waals surface area contributed by atoms with E-state index in [0.29, 0.717) is 25.5 Å². The maximum atomic E-state index is 12.0. The van der Waals surface area contributed by atoms with Crippen LogP contribution in [0.3, 0.4) is 0 Å². The smallest absolute Gasteiger partial charge is 0.222 e. The molecule has 2 saturated heterocycles. The molecule has 0 bridgehead atoms. The van der Waals surface area contributed by atoms with E-state index in [1.165, 1.54) is 19.5 Å². The van der Waals surface area contributed by atoms with Gasteiger partial charge in [0.2, 0.25) is 5.91 Å². The van der Waals surface area contributed by atoms with E-state index in [4.69, 9.17) is 4.74 Å². The van der Waals surface area contributed by atoms with Gasteiger partial charge in [0.15, 0.2) is 0 Å². The number of rotatable bonds is 6. The Labute approximate surface area is 116 Å². The highest BCUT2D eigenvalue weighted by Crippen LogP contribution is 2.15. The number of hydrogen-bond donors (Lipinski definition) is 1. The molecular formula is C14H27N3O2. The van der Waals surface area contributed by atoms with Crippen LogP contribution in [0.5, 0.6) is 0 Å². The Morgan fingerprint density at radius 3 is 2.84 bits per heavy atom. The highest BCUT2D eigenvalue weighted by atomic mass is 16.5. The average Bonchev–Trinajstić information content (AvgIpc) is 2.88. The molecular weight excluding hydrogens is 242 g/mol. The Bertz CT molecular complexity index is 280.